The van der Waals surface area contributed by atoms with Gasteiger partial charge in [-0.3, -0.25) is 9.69 Å². The maximum Gasteiger partial charge on any atom is 0.317 e. The standard InChI is InChI=1S/C12H21NO4/c1-16-10-2-7-17-12(8-10)3-5-13(6-4-12)9-11(14)15/h10H,2-9H2,1H3,(H,14,15)/t10-/m0/s1. The summed E-state index contributed by atoms with van der Waals surface area (Å²) >= 11 is 0. The quantitative estimate of drug-likeness (QED) is 0.792. The average molecular weight is 243 g/mol. The number of hydrogen-bond donors (Lipinski definition) is 1. The van der Waals surface area contributed by atoms with Crippen LogP contribution in [0.3, 0.4) is 0 Å². The SMILES string of the molecule is CO[C@H]1CCOC2(CCN(CC(=O)O)CC2)C1. The largest absolute Gasteiger partial charge is 0.480 e. The Kier molecular flexibility index (Phi) is 4.01. The Bertz CT molecular complexity index is 274. The predicted molar refractivity (Wildman–Crippen MR) is 62.0 cm³/mol. The number of likely N-dealkylation sites (tertiary alicyclic amines) is 1. The number of piperidine rings is 1. The summed E-state index contributed by atoms with van der Waals surface area (Å²) in [6.45, 7) is 2.52. The Morgan fingerprint density at radius 3 is 2.82 bits per heavy atom. The van der Waals surface area contributed by atoms with Gasteiger partial charge in [0.25, 0.3) is 0 Å². The van der Waals surface area contributed by atoms with Crippen molar-refractivity contribution in [2.75, 3.05) is 33.4 Å². The lowest BCUT2D eigenvalue weighted by Gasteiger charge is -2.45. The number of nitrogens with zero attached hydrogens (tertiary/aromatic N) is 1. The zero-order valence-corrected chi connectivity index (χ0v) is 10.4. The minimum atomic E-state index is -0.750. The van der Waals surface area contributed by atoms with Crippen LogP contribution in [0.15, 0.2) is 0 Å². The van der Waals surface area contributed by atoms with Crippen molar-refractivity contribution in [1.82, 2.24) is 4.90 Å². The maximum atomic E-state index is 10.6. The van der Waals surface area contributed by atoms with Gasteiger partial charge in [0.2, 0.25) is 0 Å². The molecule has 5 nitrogen and oxygen atoms in total. The van der Waals surface area contributed by atoms with E-state index in [9.17, 15) is 4.79 Å². The number of ether oxygens (including phenoxy) is 2. The minimum absolute atomic E-state index is 0.0616. The highest BCUT2D eigenvalue weighted by molar-refractivity contribution is 5.69. The molecule has 0 bridgehead atoms. The van der Waals surface area contributed by atoms with E-state index in [-0.39, 0.29) is 12.1 Å². The van der Waals surface area contributed by atoms with Crippen molar-refractivity contribution >= 4 is 5.97 Å². The van der Waals surface area contributed by atoms with E-state index in [1.165, 1.54) is 0 Å². The van der Waals surface area contributed by atoms with Crippen LogP contribution in [-0.4, -0.2) is 61.0 Å². The Hall–Kier alpha value is -0.650. The Morgan fingerprint density at radius 2 is 2.24 bits per heavy atom. The lowest BCUT2D eigenvalue weighted by molar-refractivity contribution is -0.154. The van der Waals surface area contributed by atoms with Crippen LogP contribution in [0.4, 0.5) is 0 Å². The normalized spacial score (nSPS) is 29.4. The zero-order valence-electron chi connectivity index (χ0n) is 10.4. The molecular formula is C12H21NO4. The van der Waals surface area contributed by atoms with E-state index in [4.69, 9.17) is 14.6 Å². The second-order valence-corrected chi connectivity index (χ2v) is 5.05. The first-order chi connectivity index (χ1) is 8.13. The smallest absolute Gasteiger partial charge is 0.317 e. The first kappa shape index (κ1) is 12.8. The third kappa shape index (κ3) is 3.18. The van der Waals surface area contributed by atoms with Crippen molar-refractivity contribution in [3.8, 4) is 0 Å². The highest BCUT2D eigenvalue weighted by Gasteiger charge is 2.40. The fourth-order valence-electron chi connectivity index (χ4n) is 2.84. The second-order valence-electron chi connectivity index (χ2n) is 5.05. The summed E-state index contributed by atoms with van der Waals surface area (Å²) in [7, 11) is 1.75. The van der Waals surface area contributed by atoms with Gasteiger partial charge in [0.05, 0.1) is 18.2 Å². The van der Waals surface area contributed by atoms with Crippen molar-refractivity contribution in [1.29, 1.82) is 0 Å². The molecule has 1 atom stereocenters. The van der Waals surface area contributed by atoms with E-state index in [0.717, 1.165) is 45.4 Å². The number of hydrogen-bond acceptors (Lipinski definition) is 4. The summed E-state index contributed by atoms with van der Waals surface area (Å²) in [6, 6.07) is 0. The molecule has 2 saturated heterocycles. The summed E-state index contributed by atoms with van der Waals surface area (Å²) in [5, 5.41) is 8.75. The summed E-state index contributed by atoms with van der Waals surface area (Å²) in [5.41, 5.74) is -0.0616. The van der Waals surface area contributed by atoms with E-state index in [0.29, 0.717) is 6.10 Å². The molecule has 5 heteroatoms. The lowest BCUT2D eigenvalue weighted by atomic mass is 9.83. The van der Waals surface area contributed by atoms with E-state index in [1.807, 2.05) is 4.90 Å². The fraction of sp³-hybridized carbons (Fsp3) is 0.917. The number of rotatable bonds is 3. The van der Waals surface area contributed by atoms with E-state index in [2.05, 4.69) is 0 Å². The Labute approximate surface area is 102 Å². The van der Waals surface area contributed by atoms with Gasteiger partial charge in [-0.25, -0.2) is 0 Å². The molecule has 2 heterocycles. The van der Waals surface area contributed by atoms with Gasteiger partial charge in [-0.15, -0.1) is 0 Å². The molecule has 1 N–H and O–H groups in total. The van der Waals surface area contributed by atoms with Crippen LogP contribution in [0.5, 0.6) is 0 Å². The van der Waals surface area contributed by atoms with E-state index < -0.39 is 5.97 Å². The van der Waals surface area contributed by atoms with Crippen LogP contribution in [0, 0.1) is 0 Å². The number of carbonyl (C=O) groups is 1. The highest BCUT2D eigenvalue weighted by Crippen LogP contribution is 2.35. The number of carboxylic acid groups (broad SMARTS) is 1. The van der Waals surface area contributed by atoms with Crippen molar-refractivity contribution < 1.29 is 19.4 Å². The van der Waals surface area contributed by atoms with E-state index >= 15 is 0 Å². The monoisotopic (exact) mass is 243 g/mol. The van der Waals surface area contributed by atoms with Crippen molar-refractivity contribution in [2.24, 2.45) is 0 Å². The van der Waals surface area contributed by atoms with Crippen LogP contribution >= 0.6 is 0 Å². The maximum absolute atomic E-state index is 10.6. The molecule has 0 aromatic carbocycles. The van der Waals surface area contributed by atoms with Crippen LogP contribution in [-0.2, 0) is 14.3 Å². The van der Waals surface area contributed by atoms with Crippen LogP contribution in [0.25, 0.3) is 0 Å². The lowest BCUT2D eigenvalue weighted by Crippen LogP contribution is -2.51. The third-order valence-electron chi connectivity index (χ3n) is 3.91. The van der Waals surface area contributed by atoms with E-state index in [1.54, 1.807) is 7.11 Å². The van der Waals surface area contributed by atoms with Crippen molar-refractivity contribution in [2.45, 2.75) is 37.4 Å². The van der Waals surface area contributed by atoms with Crippen molar-refractivity contribution in [3.05, 3.63) is 0 Å². The summed E-state index contributed by atoms with van der Waals surface area (Å²) in [6.07, 6.45) is 4.05. The van der Waals surface area contributed by atoms with Gasteiger partial charge in [-0.2, -0.15) is 0 Å². The van der Waals surface area contributed by atoms with Gasteiger partial charge >= 0.3 is 5.97 Å². The predicted octanol–water partition coefficient (Wildman–Crippen LogP) is 0.731. The molecule has 2 aliphatic heterocycles. The first-order valence-corrected chi connectivity index (χ1v) is 6.24. The van der Waals surface area contributed by atoms with Gasteiger partial charge in [-0.1, -0.05) is 0 Å². The average Bonchev–Trinajstić information content (AvgIpc) is 2.32. The first-order valence-electron chi connectivity index (χ1n) is 6.24. The highest BCUT2D eigenvalue weighted by atomic mass is 16.5. The van der Waals surface area contributed by atoms with Gasteiger partial charge in [0.1, 0.15) is 0 Å². The third-order valence-corrected chi connectivity index (χ3v) is 3.91. The molecule has 0 unspecified atom stereocenters. The fourth-order valence-corrected chi connectivity index (χ4v) is 2.84. The topological polar surface area (TPSA) is 59.0 Å². The summed E-state index contributed by atoms with van der Waals surface area (Å²) in [5.74, 6) is -0.750. The zero-order chi connectivity index (χ0) is 12.3. The molecule has 0 radical (unpaired) electrons. The van der Waals surface area contributed by atoms with Gasteiger partial charge in [0.15, 0.2) is 0 Å². The number of carboxylic acids is 1. The van der Waals surface area contributed by atoms with Crippen LogP contribution in [0.2, 0.25) is 0 Å². The Morgan fingerprint density at radius 1 is 1.53 bits per heavy atom. The minimum Gasteiger partial charge on any atom is -0.480 e. The van der Waals surface area contributed by atoms with Crippen LogP contribution < -0.4 is 0 Å². The molecule has 0 saturated carbocycles. The Balaban J connectivity index is 1.86. The molecule has 0 amide bonds. The molecule has 1 spiro atoms. The molecule has 2 rings (SSSR count). The van der Waals surface area contributed by atoms with Gasteiger partial charge in [-0.05, 0) is 19.3 Å². The van der Waals surface area contributed by atoms with Gasteiger partial charge < -0.3 is 14.6 Å². The van der Waals surface area contributed by atoms with Gasteiger partial charge in [0, 0.05) is 33.2 Å². The summed E-state index contributed by atoms with van der Waals surface area (Å²) in [4.78, 5) is 12.6. The summed E-state index contributed by atoms with van der Waals surface area (Å²) < 4.78 is 11.4. The molecule has 0 aliphatic carbocycles. The van der Waals surface area contributed by atoms with Crippen molar-refractivity contribution in [3.63, 3.8) is 0 Å². The molecule has 0 aromatic rings. The molecule has 2 aliphatic rings. The molecule has 17 heavy (non-hydrogen) atoms. The molecule has 0 aromatic heterocycles. The molecule has 2 fully saturated rings. The molecule has 98 valence electrons. The number of aliphatic carboxylic acids is 1. The van der Waals surface area contributed by atoms with Crippen LogP contribution in [0.1, 0.15) is 25.7 Å². The number of methoxy groups -OCH3 is 1. The second kappa shape index (κ2) is 5.33. The molecular weight excluding hydrogens is 222 g/mol.